The molecule has 0 bridgehead atoms. The molecule has 0 aromatic heterocycles. The lowest BCUT2D eigenvalue weighted by Crippen LogP contribution is -2.00. The van der Waals surface area contributed by atoms with E-state index in [1.54, 1.807) is 24.3 Å². The third kappa shape index (κ3) is 2.71. The Bertz CT molecular complexity index is 288. The maximum atomic E-state index is 10.9. The lowest BCUT2D eigenvalue weighted by molar-refractivity contribution is 0.0600. The number of hydrogen-bond acceptors (Lipinski definition) is 3. The fraction of sp³-hybridized carbons (Fsp3) is 0.200. The molecular formula is C10H12O3. The van der Waals surface area contributed by atoms with Gasteiger partial charge in [-0.2, -0.15) is 0 Å². The molecule has 0 fully saturated rings. The molecule has 1 aromatic rings. The van der Waals surface area contributed by atoms with E-state index < -0.39 is 5.97 Å². The van der Waals surface area contributed by atoms with Gasteiger partial charge in [0.15, 0.2) is 0 Å². The SMILES string of the molecule is C.COC(=O)c1ccc(C=O)cc1. The second kappa shape index (κ2) is 5.09. The lowest BCUT2D eigenvalue weighted by atomic mass is 10.1. The zero-order valence-corrected chi connectivity index (χ0v) is 6.61. The van der Waals surface area contributed by atoms with Crippen LogP contribution in [0.25, 0.3) is 0 Å². The Balaban J connectivity index is 0.00000144. The molecule has 0 heterocycles. The highest BCUT2D eigenvalue weighted by Crippen LogP contribution is 2.03. The second-order valence-corrected chi connectivity index (χ2v) is 2.23. The predicted octanol–water partition coefficient (Wildman–Crippen LogP) is 1.92. The van der Waals surface area contributed by atoms with E-state index in [1.807, 2.05) is 0 Å². The van der Waals surface area contributed by atoms with E-state index in [4.69, 9.17) is 0 Å². The van der Waals surface area contributed by atoms with E-state index in [-0.39, 0.29) is 7.43 Å². The predicted molar refractivity (Wildman–Crippen MR) is 49.9 cm³/mol. The first-order chi connectivity index (χ1) is 5.77. The fourth-order valence-electron chi connectivity index (χ4n) is 0.816. The van der Waals surface area contributed by atoms with Crippen molar-refractivity contribution in [2.24, 2.45) is 0 Å². The van der Waals surface area contributed by atoms with Crippen molar-refractivity contribution in [1.29, 1.82) is 0 Å². The summed E-state index contributed by atoms with van der Waals surface area (Å²) < 4.78 is 4.48. The molecule has 0 atom stereocenters. The van der Waals surface area contributed by atoms with E-state index in [1.165, 1.54) is 7.11 Å². The van der Waals surface area contributed by atoms with Crippen molar-refractivity contribution < 1.29 is 14.3 Å². The van der Waals surface area contributed by atoms with Crippen LogP contribution >= 0.6 is 0 Å². The van der Waals surface area contributed by atoms with Crippen molar-refractivity contribution in [3.05, 3.63) is 35.4 Å². The highest BCUT2D eigenvalue weighted by atomic mass is 16.5. The molecule has 70 valence electrons. The summed E-state index contributed by atoms with van der Waals surface area (Å²) in [4.78, 5) is 21.1. The molecule has 3 heteroatoms. The molecule has 0 spiro atoms. The Labute approximate surface area is 77.3 Å². The third-order valence-corrected chi connectivity index (χ3v) is 1.47. The Morgan fingerprint density at radius 2 is 1.85 bits per heavy atom. The van der Waals surface area contributed by atoms with Crippen LogP contribution in [0.4, 0.5) is 0 Å². The van der Waals surface area contributed by atoms with E-state index >= 15 is 0 Å². The number of ether oxygens (including phenoxy) is 1. The minimum atomic E-state index is -0.396. The smallest absolute Gasteiger partial charge is 0.337 e. The van der Waals surface area contributed by atoms with Crippen LogP contribution < -0.4 is 0 Å². The Morgan fingerprint density at radius 3 is 2.23 bits per heavy atom. The maximum absolute atomic E-state index is 10.9. The molecule has 0 saturated heterocycles. The van der Waals surface area contributed by atoms with Crippen LogP contribution in [0.5, 0.6) is 0 Å². The summed E-state index contributed by atoms with van der Waals surface area (Å²) in [6.45, 7) is 0. The Morgan fingerprint density at radius 1 is 1.31 bits per heavy atom. The van der Waals surface area contributed by atoms with Gasteiger partial charge in [0, 0.05) is 5.56 Å². The van der Waals surface area contributed by atoms with Gasteiger partial charge in [-0.25, -0.2) is 4.79 Å². The van der Waals surface area contributed by atoms with Gasteiger partial charge in [0.2, 0.25) is 0 Å². The molecular weight excluding hydrogens is 168 g/mol. The number of carbonyl (C=O) groups excluding carboxylic acids is 2. The van der Waals surface area contributed by atoms with Crippen LogP contribution in [0.15, 0.2) is 24.3 Å². The summed E-state index contributed by atoms with van der Waals surface area (Å²) in [6.07, 6.45) is 0.723. The topological polar surface area (TPSA) is 43.4 Å². The molecule has 0 radical (unpaired) electrons. The minimum Gasteiger partial charge on any atom is -0.465 e. The van der Waals surface area contributed by atoms with Gasteiger partial charge in [-0.1, -0.05) is 19.6 Å². The quantitative estimate of drug-likeness (QED) is 0.516. The highest BCUT2D eigenvalue weighted by molar-refractivity contribution is 5.90. The van der Waals surface area contributed by atoms with Crippen molar-refractivity contribution >= 4 is 12.3 Å². The average Bonchev–Trinajstić information content (AvgIpc) is 2.17. The van der Waals surface area contributed by atoms with Crippen LogP contribution in [0.2, 0.25) is 0 Å². The van der Waals surface area contributed by atoms with Gasteiger partial charge < -0.3 is 4.74 Å². The first-order valence-electron chi connectivity index (χ1n) is 3.41. The van der Waals surface area contributed by atoms with E-state index in [2.05, 4.69) is 4.74 Å². The first kappa shape index (κ1) is 11.4. The third-order valence-electron chi connectivity index (χ3n) is 1.47. The first-order valence-corrected chi connectivity index (χ1v) is 3.41. The van der Waals surface area contributed by atoms with Crippen LogP contribution in [-0.2, 0) is 4.74 Å². The van der Waals surface area contributed by atoms with Crippen molar-refractivity contribution in [1.82, 2.24) is 0 Å². The number of carbonyl (C=O) groups is 2. The van der Waals surface area contributed by atoms with E-state index in [0.29, 0.717) is 11.1 Å². The largest absolute Gasteiger partial charge is 0.465 e. The van der Waals surface area contributed by atoms with Gasteiger partial charge in [0.25, 0.3) is 0 Å². The van der Waals surface area contributed by atoms with Crippen LogP contribution in [0.1, 0.15) is 28.1 Å². The summed E-state index contributed by atoms with van der Waals surface area (Å²) in [5.74, 6) is -0.396. The Hall–Kier alpha value is -1.64. The molecule has 0 unspecified atom stereocenters. The fourth-order valence-corrected chi connectivity index (χ4v) is 0.816. The molecule has 0 amide bonds. The van der Waals surface area contributed by atoms with Crippen LogP contribution in [-0.4, -0.2) is 19.4 Å². The summed E-state index contributed by atoms with van der Waals surface area (Å²) in [5.41, 5.74) is 0.991. The normalized spacial score (nSPS) is 8.38. The number of aldehydes is 1. The van der Waals surface area contributed by atoms with Gasteiger partial charge in [-0.15, -0.1) is 0 Å². The maximum Gasteiger partial charge on any atom is 0.337 e. The molecule has 0 N–H and O–H groups in total. The van der Waals surface area contributed by atoms with Gasteiger partial charge in [0.05, 0.1) is 12.7 Å². The van der Waals surface area contributed by atoms with E-state index in [0.717, 1.165) is 6.29 Å². The molecule has 0 aliphatic rings. The molecule has 13 heavy (non-hydrogen) atoms. The number of esters is 1. The summed E-state index contributed by atoms with van der Waals surface area (Å²) in [6, 6.07) is 6.24. The standard InChI is InChI=1S/C9H8O3.CH4/c1-12-9(11)8-4-2-7(6-10)3-5-8;/h2-6H,1H3;1H4. The molecule has 3 nitrogen and oxygen atoms in total. The van der Waals surface area contributed by atoms with Gasteiger partial charge in [0.1, 0.15) is 6.29 Å². The summed E-state index contributed by atoms with van der Waals surface area (Å²) in [7, 11) is 1.32. The van der Waals surface area contributed by atoms with Crippen molar-refractivity contribution in [2.45, 2.75) is 7.43 Å². The van der Waals surface area contributed by atoms with E-state index in [9.17, 15) is 9.59 Å². The minimum absolute atomic E-state index is 0. The average molecular weight is 180 g/mol. The molecule has 1 aromatic carbocycles. The zero-order chi connectivity index (χ0) is 8.97. The van der Waals surface area contributed by atoms with Gasteiger partial charge >= 0.3 is 5.97 Å². The summed E-state index contributed by atoms with van der Waals surface area (Å²) >= 11 is 0. The number of benzene rings is 1. The second-order valence-electron chi connectivity index (χ2n) is 2.23. The molecule has 0 aliphatic carbocycles. The monoisotopic (exact) mass is 180 g/mol. The zero-order valence-electron chi connectivity index (χ0n) is 6.61. The number of methoxy groups -OCH3 is 1. The van der Waals surface area contributed by atoms with Gasteiger partial charge in [-0.3, -0.25) is 4.79 Å². The van der Waals surface area contributed by atoms with Crippen molar-refractivity contribution in [3.8, 4) is 0 Å². The highest BCUT2D eigenvalue weighted by Gasteiger charge is 2.02. The van der Waals surface area contributed by atoms with Crippen LogP contribution in [0, 0.1) is 0 Å². The number of hydrogen-bond donors (Lipinski definition) is 0. The number of rotatable bonds is 2. The molecule has 1 rings (SSSR count). The molecule has 0 saturated carbocycles. The summed E-state index contributed by atoms with van der Waals surface area (Å²) in [5, 5.41) is 0. The van der Waals surface area contributed by atoms with Crippen molar-refractivity contribution in [2.75, 3.05) is 7.11 Å². The van der Waals surface area contributed by atoms with Gasteiger partial charge in [-0.05, 0) is 12.1 Å². The lowest BCUT2D eigenvalue weighted by Gasteiger charge is -1.97. The molecule has 0 aliphatic heterocycles. The Kier molecular flexibility index (Phi) is 4.44. The van der Waals surface area contributed by atoms with Crippen LogP contribution in [0.3, 0.4) is 0 Å². The van der Waals surface area contributed by atoms with Crippen molar-refractivity contribution in [3.63, 3.8) is 0 Å².